The minimum Gasteiger partial charge on any atom is -0.476 e. The number of halogens is 3. The molecule has 1 saturated carbocycles. The van der Waals surface area contributed by atoms with Gasteiger partial charge in [-0.15, -0.1) is 0 Å². The standard InChI is InChI=1S/C16H23F3N4O3S/c17-16(18,19)27(24,25)23-7-5-13(6-8-23)21-14-9-20-10-15(22-14)26-11-12-3-1-2-4-12/h9-10,12-13H,1-8,11H2,(H,21,22). The molecule has 11 heteroatoms. The van der Waals surface area contributed by atoms with Crippen LogP contribution in [-0.4, -0.2) is 53.9 Å². The molecular weight excluding hydrogens is 385 g/mol. The number of hydrogen-bond acceptors (Lipinski definition) is 6. The first-order valence-corrected chi connectivity index (χ1v) is 10.5. The Morgan fingerprint density at radius 2 is 1.81 bits per heavy atom. The minimum absolute atomic E-state index is 0.177. The van der Waals surface area contributed by atoms with E-state index in [-0.39, 0.29) is 32.0 Å². The van der Waals surface area contributed by atoms with Crippen molar-refractivity contribution >= 4 is 15.8 Å². The van der Waals surface area contributed by atoms with Crippen LogP contribution in [0.2, 0.25) is 0 Å². The third-order valence-corrected chi connectivity index (χ3v) is 6.62. The number of nitrogens with one attached hydrogen (secondary N) is 1. The molecule has 1 aromatic heterocycles. The van der Waals surface area contributed by atoms with Crippen molar-refractivity contribution < 1.29 is 26.3 Å². The smallest absolute Gasteiger partial charge is 0.476 e. The van der Waals surface area contributed by atoms with Gasteiger partial charge in [0.15, 0.2) is 0 Å². The van der Waals surface area contributed by atoms with Crippen LogP contribution in [0.3, 0.4) is 0 Å². The second kappa shape index (κ2) is 8.17. The fourth-order valence-corrected chi connectivity index (χ4v) is 4.45. The highest BCUT2D eigenvalue weighted by molar-refractivity contribution is 7.90. The highest BCUT2D eigenvalue weighted by Gasteiger charge is 2.50. The molecule has 7 nitrogen and oxygen atoms in total. The molecule has 0 radical (unpaired) electrons. The molecule has 0 bridgehead atoms. The zero-order chi connectivity index (χ0) is 19.5. The molecule has 0 unspecified atom stereocenters. The predicted molar refractivity (Wildman–Crippen MR) is 92.7 cm³/mol. The van der Waals surface area contributed by atoms with E-state index < -0.39 is 15.5 Å². The third-order valence-electron chi connectivity index (χ3n) is 4.99. The van der Waals surface area contributed by atoms with Gasteiger partial charge >= 0.3 is 15.5 Å². The zero-order valence-corrected chi connectivity index (χ0v) is 15.6. The summed E-state index contributed by atoms with van der Waals surface area (Å²) in [6.45, 7) is 0.224. The van der Waals surface area contributed by atoms with Gasteiger partial charge in [0.2, 0.25) is 5.88 Å². The summed E-state index contributed by atoms with van der Waals surface area (Å²) in [4.78, 5) is 8.40. The number of alkyl halides is 3. The lowest BCUT2D eigenvalue weighted by atomic mass is 10.1. The Balaban J connectivity index is 1.51. The first kappa shape index (κ1) is 20.1. The van der Waals surface area contributed by atoms with Crippen molar-refractivity contribution in [3.63, 3.8) is 0 Å². The topological polar surface area (TPSA) is 84.4 Å². The van der Waals surface area contributed by atoms with Gasteiger partial charge in [0.25, 0.3) is 0 Å². The van der Waals surface area contributed by atoms with Crippen LogP contribution in [0.5, 0.6) is 5.88 Å². The summed E-state index contributed by atoms with van der Waals surface area (Å²) in [6, 6.07) is -0.177. The van der Waals surface area contributed by atoms with Crippen LogP contribution in [0, 0.1) is 5.92 Å². The number of nitrogens with zero attached hydrogens (tertiary/aromatic N) is 3. The Morgan fingerprint density at radius 1 is 1.15 bits per heavy atom. The van der Waals surface area contributed by atoms with Crippen molar-refractivity contribution in [1.29, 1.82) is 0 Å². The van der Waals surface area contributed by atoms with E-state index in [9.17, 15) is 21.6 Å². The van der Waals surface area contributed by atoms with E-state index in [1.165, 1.54) is 25.2 Å². The van der Waals surface area contributed by atoms with Crippen LogP contribution >= 0.6 is 0 Å². The van der Waals surface area contributed by atoms with Crippen molar-refractivity contribution in [2.75, 3.05) is 25.0 Å². The Morgan fingerprint density at radius 3 is 2.44 bits per heavy atom. The molecule has 0 aromatic carbocycles. The predicted octanol–water partition coefficient (Wildman–Crippen LogP) is 2.77. The van der Waals surface area contributed by atoms with Gasteiger partial charge in [-0.3, -0.25) is 4.98 Å². The van der Waals surface area contributed by atoms with Crippen molar-refractivity contribution in [3.05, 3.63) is 12.4 Å². The first-order valence-electron chi connectivity index (χ1n) is 9.03. The number of piperidine rings is 1. The summed E-state index contributed by atoms with van der Waals surface area (Å²) >= 11 is 0. The molecule has 1 aliphatic carbocycles. The number of anilines is 1. The Kier molecular flexibility index (Phi) is 6.09. The summed E-state index contributed by atoms with van der Waals surface area (Å²) in [5, 5.41) is 3.10. The summed E-state index contributed by atoms with van der Waals surface area (Å²) in [6.07, 6.45) is 8.32. The first-order chi connectivity index (χ1) is 12.8. The molecule has 1 N–H and O–H groups in total. The number of sulfonamides is 1. The molecule has 2 aliphatic rings. The number of hydrogen-bond donors (Lipinski definition) is 1. The van der Waals surface area contributed by atoms with E-state index in [2.05, 4.69) is 15.3 Å². The zero-order valence-electron chi connectivity index (χ0n) is 14.8. The summed E-state index contributed by atoms with van der Waals surface area (Å²) in [5.74, 6) is 1.42. The van der Waals surface area contributed by atoms with E-state index in [1.54, 1.807) is 0 Å². The van der Waals surface area contributed by atoms with Crippen LogP contribution in [0.1, 0.15) is 38.5 Å². The molecule has 0 atom stereocenters. The van der Waals surface area contributed by atoms with Crippen LogP contribution in [0.25, 0.3) is 0 Å². The lowest BCUT2D eigenvalue weighted by molar-refractivity contribution is -0.0494. The average molecular weight is 408 g/mol. The molecule has 0 spiro atoms. The number of rotatable bonds is 6. The Bertz CT molecular complexity index is 731. The van der Waals surface area contributed by atoms with E-state index in [1.807, 2.05) is 0 Å². The van der Waals surface area contributed by atoms with Gasteiger partial charge in [0.1, 0.15) is 5.82 Å². The lowest BCUT2D eigenvalue weighted by Gasteiger charge is -2.32. The van der Waals surface area contributed by atoms with Crippen LogP contribution in [-0.2, 0) is 10.0 Å². The molecule has 27 heavy (non-hydrogen) atoms. The van der Waals surface area contributed by atoms with Gasteiger partial charge in [-0.1, -0.05) is 12.8 Å². The maximum absolute atomic E-state index is 12.6. The molecule has 1 saturated heterocycles. The normalized spacial score (nSPS) is 20.7. The van der Waals surface area contributed by atoms with Gasteiger partial charge < -0.3 is 10.1 Å². The molecule has 0 amide bonds. The van der Waals surface area contributed by atoms with Gasteiger partial charge in [-0.25, -0.2) is 8.42 Å². The molecule has 2 heterocycles. The van der Waals surface area contributed by atoms with Gasteiger partial charge in [-0.05, 0) is 31.6 Å². The summed E-state index contributed by atoms with van der Waals surface area (Å²) in [7, 11) is -5.26. The Labute approximate surface area is 156 Å². The van der Waals surface area contributed by atoms with Crippen LogP contribution in [0.15, 0.2) is 12.4 Å². The van der Waals surface area contributed by atoms with Gasteiger partial charge in [0, 0.05) is 19.1 Å². The summed E-state index contributed by atoms with van der Waals surface area (Å²) in [5.41, 5.74) is -5.26. The van der Waals surface area contributed by atoms with Crippen LogP contribution in [0.4, 0.5) is 19.0 Å². The maximum atomic E-state index is 12.6. The van der Waals surface area contributed by atoms with Crippen molar-refractivity contribution in [2.24, 2.45) is 5.92 Å². The van der Waals surface area contributed by atoms with Crippen molar-refractivity contribution in [3.8, 4) is 5.88 Å². The van der Waals surface area contributed by atoms with Gasteiger partial charge in [0.05, 0.1) is 19.0 Å². The van der Waals surface area contributed by atoms with E-state index >= 15 is 0 Å². The van der Waals surface area contributed by atoms with Gasteiger partial charge in [-0.2, -0.15) is 22.5 Å². The molecule has 1 aromatic rings. The van der Waals surface area contributed by atoms with E-state index in [4.69, 9.17) is 4.74 Å². The number of ether oxygens (including phenoxy) is 1. The number of aromatic nitrogens is 2. The maximum Gasteiger partial charge on any atom is 0.511 e. The quantitative estimate of drug-likeness (QED) is 0.779. The SMILES string of the molecule is O=S(=O)(N1CCC(Nc2cncc(OCC3CCCC3)n2)CC1)C(F)(F)F. The molecule has 3 rings (SSSR count). The second-order valence-corrected chi connectivity index (χ2v) is 8.90. The van der Waals surface area contributed by atoms with Crippen molar-refractivity contribution in [1.82, 2.24) is 14.3 Å². The molecular formula is C16H23F3N4O3S. The third kappa shape index (κ3) is 5.01. The fraction of sp³-hybridized carbons (Fsp3) is 0.750. The van der Waals surface area contributed by atoms with E-state index in [0.29, 0.717) is 28.5 Å². The molecule has 2 fully saturated rings. The Hall–Kier alpha value is -1.62. The summed E-state index contributed by atoms with van der Waals surface area (Å²) < 4.78 is 66.9. The molecule has 1 aliphatic heterocycles. The fourth-order valence-electron chi connectivity index (χ4n) is 3.46. The van der Waals surface area contributed by atoms with Crippen LogP contribution < -0.4 is 10.1 Å². The second-order valence-electron chi connectivity index (χ2n) is 6.97. The minimum atomic E-state index is -5.26. The highest BCUT2D eigenvalue weighted by Crippen LogP contribution is 2.29. The monoisotopic (exact) mass is 408 g/mol. The molecule has 152 valence electrons. The largest absolute Gasteiger partial charge is 0.511 e. The average Bonchev–Trinajstić information content (AvgIpc) is 3.13. The van der Waals surface area contributed by atoms with Crippen molar-refractivity contribution in [2.45, 2.75) is 50.1 Å². The lowest BCUT2D eigenvalue weighted by Crippen LogP contribution is -2.47. The van der Waals surface area contributed by atoms with E-state index in [0.717, 1.165) is 12.8 Å². The highest BCUT2D eigenvalue weighted by atomic mass is 32.2.